The number of aromatic nitrogens is 3. The average Bonchev–Trinajstić information content (AvgIpc) is 3.06. The van der Waals surface area contributed by atoms with Gasteiger partial charge in [0.15, 0.2) is 5.65 Å². The molecular weight excluding hydrogens is 430 g/mol. The molecule has 3 aromatic rings. The SMILES string of the molecule is Cc1nc2c(C(=O)N3CCN(Cc4cccc(Cl)c4)[C@H](C)[C@H]3C)ccnc2n1C.O=CO. The van der Waals surface area contributed by atoms with Crippen LogP contribution in [0.25, 0.3) is 11.2 Å². The van der Waals surface area contributed by atoms with Crippen molar-refractivity contribution in [3.8, 4) is 0 Å². The number of amides is 1. The molecule has 1 aromatic carbocycles. The summed E-state index contributed by atoms with van der Waals surface area (Å²) in [6, 6.07) is 10.1. The molecule has 0 unspecified atom stereocenters. The van der Waals surface area contributed by atoms with Crippen LogP contribution < -0.4 is 0 Å². The number of hydrogen-bond acceptors (Lipinski definition) is 5. The molecule has 0 saturated carbocycles. The Kier molecular flexibility index (Phi) is 7.48. The summed E-state index contributed by atoms with van der Waals surface area (Å²) in [7, 11) is 1.92. The summed E-state index contributed by atoms with van der Waals surface area (Å²) in [6.07, 6.45) is 1.69. The molecule has 2 aromatic heterocycles. The van der Waals surface area contributed by atoms with Crippen LogP contribution in [-0.2, 0) is 18.4 Å². The predicted octanol–water partition coefficient (Wildman–Crippen LogP) is 3.37. The molecule has 1 aliphatic heterocycles. The fourth-order valence-electron chi connectivity index (χ4n) is 4.10. The molecule has 1 fully saturated rings. The van der Waals surface area contributed by atoms with Crippen molar-refractivity contribution < 1.29 is 14.7 Å². The molecule has 1 saturated heterocycles. The molecule has 0 aliphatic carbocycles. The Bertz CT molecular complexity index is 1120. The minimum Gasteiger partial charge on any atom is -0.483 e. The number of nitrogens with zero attached hydrogens (tertiary/aromatic N) is 5. The monoisotopic (exact) mass is 457 g/mol. The molecule has 1 amide bonds. The highest BCUT2D eigenvalue weighted by molar-refractivity contribution is 6.30. The van der Waals surface area contributed by atoms with E-state index in [-0.39, 0.29) is 24.5 Å². The highest BCUT2D eigenvalue weighted by atomic mass is 35.5. The molecule has 0 radical (unpaired) electrons. The molecule has 2 atom stereocenters. The highest BCUT2D eigenvalue weighted by Gasteiger charge is 2.34. The Labute approximate surface area is 192 Å². The van der Waals surface area contributed by atoms with Crippen LogP contribution in [0.5, 0.6) is 0 Å². The number of pyridine rings is 1. The zero-order valence-electron chi connectivity index (χ0n) is 18.7. The van der Waals surface area contributed by atoms with Gasteiger partial charge in [-0.2, -0.15) is 0 Å². The maximum atomic E-state index is 13.4. The standard InChI is InChI=1S/C22H26ClN5O.CH2O2/c1-14-15(2)28(11-10-27(14)13-17-6-5-7-18(23)12-17)22(29)19-8-9-24-21-20(19)25-16(3)26(21)4;2-1-3/h5-9,12,14-15H,10-11,13H2,1-4H3;1H,(H,2,3)/t14-,15-;/m1./s1. The summed E-state index contributed by atoms with van der Waals surface area (Å²) in [5.41, 5.74) is 3.24. The van der Waals surface area contributed by atoms with Gasteiger partial charge in [-0.25, -0.2) is 9.97 Å². The topological polar surface area (TPSA) is 91.6 Å². The number of imidazole rings is 1. The first kappa shape index (κ1) is 23.7. The van der Waals surface area contributed by atoms with Crippen LogP contribution in [-0.4, -0.2) is 67.0 Å². The number of benzene rings is 1. The first-order chi connectivity index (χ1) is 15.3. The van der Waals surface area contributed by atoms with E-state index in [1.165, 1.54) is 5.56 Å². The van der Waals surface area contributed by atoms with Gasteiger partial charge in [-0.1, -0.05) is 23.7 Å². The number of halogens is 1. The minimum absolute atomic E-state index is 0.0252. The van der Waals surface area contributed by atoms with E-state index in [1.54, 1.807) is 12.3 Å². The van der Waals surface area contributed by atoms with Crippen LogP contribution in [0.15, 0.2) is 36.5 Å². The Morgan fingerprint density at radius 3 is 2.66 bits per heavy atom. The van der Waals surface area contributed by atoms with Gasteiger partial charge in [-0.3, -0.25) is 14.5 Å². The summed E-state index contributed by atoms with van der Waals surface area (Å²) in [5.74, 6) is 0.873. The maximum absolute atomic E-state index is 13.4. The number of carbonyl (C=O) groups excluding carboxylic acids is 1. The molecule has 4 rings (SSSR count). The molecule has 0 bridgehead atoms. The Hall–Kier alpha value is -2.97. The Balaban J connectivity index is 0.000000913. The number of carboxylic acid groups (broad SMARTS) is 1. The van der Waals surface area contributed by atoms with E-state index in [1.807, 2.05) is 41.6 Å². The second-order valence-corrected chi connectivity index (χ2v) is 8.37. The van der Waals surface area contributed by atoms with Crippen LogP contribution in [0, 0.1) is 6.92 Å². The van der Waals surface area contributed by atoms with E-state index < -0.39 is 0 Å². The summed E-state index contributed by atoms with van der Waals surface area (Å²) in [4.78, 5) is 35.1. The van der Waals surface area contributed by atoms with Crippen LogP contribution in [0.1, 0.15) is 35.6 Å². The molecular formula is C23H28ClN5O3. The van der Waals surface area contributed by atoms with Crippen molar-refractivity contribution in [2.75, 3.05) is 13.1 Å². The predicted molar refractivity (Wildman–Crippen MR) is 124 cm³/mol. The second-order valence-electron chi connectivity index (χ2n) is 7.93. The second kappa shape index (κ2) is 10.1. The molecule has 32 heavy (non-hydrogen) atoms. The zero-order chi connectivity index (χ0) is 23.4. The van der Waals surface area contributed by atoms with Gasteiger partial charge in [0.1, 0.15) is 11.3 Å². The lowest BCUT2D eigenvalue weighted by atomic mass is 10.0. The summed E-state index contributed by atoms with van der Waals surface area (Å²) in [5, 5.41) is 7.64. The number of carbonyl (C=O) groups is 2. The summed E-state index contributed by atoms with van der Waals surface area (Å²) < 4.78 is 1.92. The van der Waals surface area contributed by atoms with E-state index in [2.05, 4.69) is 34.8 Å². The molecule has 170 valence electrons. The van der Waals surface area contributed by atoms with Gasteiger partial charge < -0.3 is 14.6 Å². The van der Waals surface area contributed by atoms with Crippen molar-refractivity contribution in [1.29, 1.82) is 0 Å². The van der Waals surface area contributed by atoms with E-state index in [0.717, 1.165) is 29.6 Å². The van der Waals surface area contributed by atoms with Crippen molar-refractivity contribution in [2.45, 2.75) is 39.4 Å². The molecule has 9 heteroatoms. The van der Waals surface area contributed by atoms with Crippen LogP contribution in [0.3, 0.4) is 0 Å². The van der Waals surface area contributed by atoms with E-state index in [0.29, 0.717) is 17.6 Å². The van der Waals surface area contributed by atoms with Gasteiger partial charge in [0.25, 0.3) is 12.4 Å². The quantitative estimate of drug-likeness (QED) is 0.606. The fourth-order valence-corrected chi connectivity index (χ4v) is 4.32. The summed E-state index contributed by atoms with van der Waals surface area (Å²) >= 11 is 6.14. The van der Waals surface area contributed by atoms with E-state index >= 15 is 0 Å². The smallest absolute Gasteiger partial charge is 0.290 e. The normalized spacial score (nSPS) is 18.8. The van der Waals surface area contributed by atoms with Crippen molar-refractivity contribution >= 4 is 35.1 Å². The van der Waals surface area contributed by atoms with E-state index in [9.17, 15) is 4.79 Å². The Morgan fingerprint density at radius 2 is 1.97 bits per heavy atom. The van der Waals surface area contributed by atoms with Gasteiger partial charge in [0, 0.05) is 50.0 Å². The first-order valence-corrected chi connectivity index (χ1v) is 10.8. The molecule has 0 spiro atoms. The molecule has 8 nitrogen and oxygen atoms in total. The first-order valence-electron chi connectivity index (χ1n) is 10.4. The number of hydrogen-bond donors (Lipinski definition) is 1. The minimum atomic E-state index is -0.250. The number of piperazine rings is 1. The third-order valence-corrected chi connectivity index (χ3v) is 6.38. The molecule has 1 aliphatic rings. The molecule has 1 N–H and O–H groups in total. The highest BCUT2D eigenvalue weighted by Crippen LogP contribution is 2.25. The lowest BCUT2D eigenvalue weighted by Gasteiger charge is -2.45. The van der Waals surface area contributed by atoms with E-state index in [4.69, 9.17) is 21.5 Å². The third-order valence-electron chi connectivity index (χ3n) is 6.14. The Morgan fingerprint density at radius 1 is 1.25 bits per heavy atom. The maximum Gasteiger partial charge on any atom is 0.290 e. The van der Waals surface area contributed by atoms with Crippen molar-refractivity contribution in [2.24, 2.45) is 7.05 Å². The summed E-state index contributed by atoms with van der Waals surface area (Å²) in [6.45, 7) is 8.30. The average molecular weight is 458 g/mol. The van der Waals surface area contributed by atoms with Gasteiger partial charge in [-0.15, -0.1) is 0 Å². The van der Waals surface area contributed by atoms with Crippen molar-refractivity contribution in [3.63, 3.8) is 0 Å². The molecule has 3 heterocycles. The number of rotatable bonds is 3. The largest absolute Gasteiger partial charge is 0.483 e. The van der Waals surface area contributed by atoms with Crippen molar-refractivity contribution in [3.05, 3.63) is 58.5 Å². The van der Waals surface area contributed by atoms with Crippen molar-refractivity contribution in [1.82, 2.24) is 24.3 Å². The van der Waals surface area contributed by atoms with Crippen LogP contribution in [0.4, 0.5) is 0 Å². The lowest BCUT2D eigenvalue weighted by Crippen LogP contribution is -2.58. The number of aryl methyl sites for hydroxylation is 2. The lowest BCUT2D eigenvalue weighted by molar-refractivity contribution is -0.122. The van der Waals surface area contributed by atoms with Crippen LogP contribution in [0.2, 0.25) is 5.02 Å². The number of fused-ring (bicyclic) bond motifs is 1. The zero-order valence-corrected chi connectivity index (χ0v) is 19.5. The fraction of sp³-hybridized carbons (Fsp3) is 0.391. The van der Waals surface area contributed by atoms with Crippen LogP contribution >= 0.6 is 11.6 Å². The van der Waals surface area contributed by atoms with Gasteiger partial charge in [0.2, 0.25) is 0 Å². The van der Waals surface area contributed by atoms with Gasteiger partial charge in [-0.05, 0) is 44.5 Å². The van der Waals surface area contributed by atoms with Gasteiger partial charge >= 0.3 is 0 Å². The third kappa shape index (κ3) is 4.76. The van der Waals surface area contributed by atoms with Gasteiger partial charge in [0.05, 0.1) is 5.56 Å².